The lowest BCUT2D eigenvalue weighted by molar-refractivity contribution is -0.140. The van der Waals surface area contributed by atoms with Gasteiger partial charge in [0.15, 0.2) is 0 Å². The summed E-state index contributed by atoms with van der Waals surface area (Å²) in [5.74, 6) is -1.49. The maximum absolute atomic E-state index is 13.0. The highest BCUT2D eigenvalue weighted by atomic mass is 19.1. The smallest absolute Gasteiger partial charge is 0.366 e. The number of carbonyl (C=O) groups excluding carboxylic acids is 1. The first-order chi connectivity index (χ1) is 6.15. The highest BCUT2D eigenvalue weighted by molar-refractivity contribution is 5.85. The lowest BCUT2D eigenvalue weighted by atomic mass is 10.0. The van der Waals surface area contributed by atoms with Gasteiger partial charge in [-0.05, 0) is 31.8 Å². The molecule has 0 amide bonds. The predicted molar refractivity (Wildman–Crippen MR) is 49.9 cm³/mol. The standard InChI is InChI=1S/C10H17FO2/c1-4-8(5-2)7-9(11)10(12)13-6-3/h7-8H,4-6H2,1-3H3/b9-7+. The third-order valence-electron chi connectivity index (χ3n) is 1.90. The molecule has 0 aliphatic rings. The Labute approximate surface area is 78.8 Å². The maximum Gasteiger partial charge on any atom is 0.366 e. The zero-order valence-electron chi connectivity index (χ0n) is 8.47. The van der Waals surface area contributed by atoms with Gasteiger partial charge in [-0.15, -0.1) is 0 Å². The van der Waals surface area contributed by atoms with Crippen molar-refractivity contribution in [3.05, 3.63) is 11.9 Å². The summed E-state index contributed by atoms with van der Waals surface area (Å²) in [7, 11) is 0. The van der Waals surface area contributed by atoms with Gasteiger partial charge in [0.1, 0.15) is 0 Å². The number of carbonyl (C=O) groups is 1. The summed E-state index contributed by atoms with van der Waals surface area (Å²) < 4.78 is 17.5. The van der Waals surface area contributed by atoms with Crippen LogP contribution in [0.15, 0.2) is 11.9 Å². The van der Waals surface area contributed by atoms with Crippen LogP contribution in [0.4, 0.5) is 4.39 Å². The Morgan fingerprint density at radius 3 is 2.31 bits per heavy atom. The van der Waals surface area contributed by atoms with Crippen LogP contribution in [0, 0.1) is 5.92 Å². The molecular weight excluding hydrogens is 171 g/mol. The van der Waals surface area contributed by atoms with Crippen LogP contribution in [-0.2, 0) is 9.53 Å². The number of hydrogen-bond donors (Lipinski definition) is 0. The summed E-state index contributed by atoms with van der Waals surface area (Å²) in [6, 6.07) is 0. The molecular formula is C10H17FO2. The molecule has 2 nitrogen and oxygen atoms in total. The first kappa shape index (κ1) is 12.1. The van der Waals surface area contributed by atoms with E-state index < -0.39 is 11.8 Å². The van der Waals surface area contributed by atoms with Crippen LogP contribution < -0.4 is 0 Å². The molecule has 0 heterocycles. The minimum absolute atomic E-state index is 0.129. The molecule has 0 atom stereocenters. The topological polar surface area (TPSA) is 26.3 Å². The number of ether oxygens (including phenoxy) is 1. The normalized spacial score (nSPS) is 11.9. The van der Waals surface area contributed by atoms with E-state index in [4.69, 9.17) is 0 Å². The van der Waals surface area contributed by atoms with Crippen LogP contribution in [-0.4, -0.2) is 12.6 Å². The lowest BCUT2D eigenvalue weighted by Crippen LogP contribution is -2.06. The Balaban J connectivity index is 4.20. The van der Waals surface area contributed by atoms with E-state index in [0.29, 0.717) is 0 Å². The Hall–Kier alpha value is -0.860. The zero-order chi connectivity index (χ0) is 10.3. The predicted octanol–water partition coefficient (Wildman–Crippen LogP) is 2.84. The molecule has 13 heavy (non-hydrogen) atoms. The van der Waals surface area contributed by atoms with E-state index in [1.165, 1.54) is 6.08 Å². The molecule has 0 aromatic heterocycles. The van der Waals surface area contributed by atoms with Crippen LogP contribution in [0.1, 0.15) is 33.6 Å². The third kappa shape index (κ3) is 4.65. The SMILES string of the molecule is CCOC(=O)/C(F)=C\C(CC)CC. The van der Waals surface area contributed by atoms with Crippen molar-refractivity contribution in [1.29, 1.82) is 0 Å². The van der Waals surface area contributed by atoms with E-state index in [1.54, 1.807) is 6.92 Å². The van der Waals surface area contributed by atoms with Crippen molar-refractivity contribution in [3.8, 4) is 0 Å². The fourth-order valence-electron chi connectivity index (χ4n) is 0.999. The second-order valence-corrected chi connectivity index (χ2v) is 2.81. The van der Waals surface area contributed by atoms with Gasteiger partial charge in [0.2, 0.25) is 5.83 Å². The third-order valence-corrected chi connectivity index (χ3v) is 1.90. The number of hydrogen-bond acceptors (Lipinski definition) is 2. The summed E-state index contributed by atoms with van der Waals surface area (Å²) in [5.41, 5.74) is 0. The van der Waals surface area contributed by atoms with Crippen molar-refractivity contribution in [2.75, 3.05) is 6.61 Å². The number of allylic oxidation sites excluding steroid dienone is 1. The van der Waals surface area contributed by atoms with Gasteiger partial charge in [-0.3, -0.25) is 0 Å². The van der Waals surface area contributed by atoms with Gasteiger partial charge < -0.3 is 4.74 Å². The first-order valence-corrected chi connectivity index (χ1v) is 4.70. The molecule has 0 bridgehead atoms. The Bertz CT molecular complexity index is 183. The molecule has 0 aromatic carbocycles. The van der Waals surface area contributed by atoms with Gasteiger partial charge in [-0.2, -0.15) is 4.39 Å². The molecule has 0 unspecified atom stereocenters. The summed E-state index contributed by atoms with van der Waals surface area (Å²) >= 11 is 0. The summed E-state index contributed by atoms with van der Waals surface area (Å²) in [6.45, 7) is 5.79. The second-order valence-electron chi connectivity index (χ2n) is 2.81. The van der Waals surface area contributed by atoms with Gasteiger partial charge in [-0.25, -0.2) is 4.79 Å². The molecule has 0 aliphatic carbocycles. The van der Waals surface area contributed by atoms with Crippen LogP contribution in [0.3, 0.4) is 0 Å². The van der Waals surface area contributed by atoms with Crippen LogP contribution >= 0.6 is 0 Å². The number of esters is 1. The van der Waals surface area contributed by atoms with Gasteiger partial charge in [0.25, 0.3) is 0 Å². The van der Waals surface area contributed by atoms with Gasteiger partial charge >= 0.3 is 5.97 Å². The minimum atomic E-state index is -0.852. The fraction of sp³-hybridized carbons (Fsp3) is 0.700. The van der Waals surface area contributed by atoms with Crippen molar-refractivity contribution >= 4 is 5.97 Å². The zero-order valence-corrected chi connectivity index (χ0v) is 8.47. The molecule has 76 valence electrons. The van der Waals surface area contributed by atoms with Crippen LogP contribution in [0.2, 0.25) is 0 Å². The lowest BCUT2D eigenvalue weighted by Gasteiger charge is -2.05. The minimum Gasteiger partial charge on any atom is -0.461 e. The number of halogens is 1. The quantitative estimate of drug-likeness (QED) is 0.490. The highest BCUT2D eigenvalue weighted by Gasteiger charge is 2.11. The molecule has 0 fully saturated rings. The van der Waals surface area contributed by atoms with E-state index in [-0.39, 0.29) is 12.5 Å². The van der Waals surface area contributed by atoms with Gasteiger partial charge in [0, 0.05) is 0 Å². The van der Waals surface area contributed by atoms with E-state index >= 15 is 0 Å². The van der Waals surface area contributed by atoms with Gasteiger partial charge in [-0.1, -0.05) is 13.8 Å². The summed E-state index contributed by atoms with van der Waals surface area (Å²) in [6.07, 6.45) is 3.02. The largest absolute Gasteiger partial charge is 0.461 e. The fourth-order valence-corrected chi connectivity index (χ4v) is 0.999. The average molecular weight is 188 g/mol. The molecule has 0 aromatic rings. The molecule has 0 radical (unpaired) electrons. The Morgan fingerprint density at radius 2 is 1.92 bits per heavy atom. The van der Waals surface area contributed by atoms with E-state index in [1.807, 2.05) is 13.8 Å². The van der Waals surface area contributed by atoms with Crippen molar-refractivity contribution in [2.24, 2.45) is 5.92 Å². The second kappa shape index (κ2) is 6.63. The van der Waals surface area contributed by atoms with Crippen LogP contribution in [0.25, 0.3) is 0 Å². The Morgan fingerprint density at radius 1 is 1.38 bits per heavy atom. The molecule has 0 saturated heterocycles. The van der Waals surface area contributed by atoms with E-state index in [0.717, 1.165) is 12.8 Å². The maximum atomic E-state index is 13.0. The van der Waals surface area contributed by atoms with Crippen LogP contribution in [0.5, 0.6) is 0 Å². The number of rotatable bonds is 5. The monoisotopic (exact) mass is 188 g/mol. The van der Waals surface area contributed by atoms with E-state index in [9.17, 15) is 9.18 Å². The van der Waals surface area contributed by atoms with Crippen molar-refractivity contribution < 1.29 is 13.9 Å². The van der Waals surface area contributed by atoms with Crippen molar-refractivity contribution in [3.63, 3.8) is 0 Å². The summed E-state index contributed by atoms with van der Waals surface area (Å²) in [4.78, 5) is 10.8. The first-order valence-electron chi connectivity index (χ1n) is 4.70. The van der Waals surface area contributed by atoms with Gasteiger partial charge in [0.05, 0.1) is 6.61 Å². The van der Waals surface area contributed by atoms with E-state index in [2.05, 4.69) is 4.74 Å². The highest BCUT2D eigenvalue weighted by Crippen LogP contribution is 2.13. The Kier molecular flexibility index (Phi) is 6.20. The van der Waals surface area contributed by atoms with Crippen molar-refractivity contribution in [1.82, 2.24) is 0 Å². The van der Waals surface area contributed by atoms with Crippen molar-refractivity contribution in [2.45, 2.75) is 33.6 Å². The summed E-state index contributed by atoms with van der Waals surface area (Å²) in [5, 5.41) is 0. The molecule has 0 saturated carbocycles. The average Bonchev–Trinajstić information content (AvgIpc) is 2.14. The molecule has 0 N–H and O–H groups in total. The molecule has 3 heteroatoms. The molecule has 0 aliphatic heterocycles. The molecule has 0 rings (SSSR count). The molecule has 0 spiro atoms.